The molecule has 0 amide bonds. The van der Waals surface area contributed by atoms with Crippen LogP contribution in [0.1, 0.15) is 5.56 Å². The highest BCUT2D eigenvalue weighted by molar-refractivity contribution is 5.81. The average molecular weight is 257 g/mol. The van der Waals surface area contributed by atoms with Gasteiger partial charge >= 0.3 is 0 Å². The molecule has 0 aliphatic rings. The van der Waals surface area contributed by atoms with E-state index in [4.69, 9.17) is 5.11 Å². The fraction of sp³-hybridized carbons (Fsp3) is 0.231. The standard InChI is InChI=1S/C13H15N5O/c19-4-3-18-9-10(7-16-18)6-14-12-2-1-11-8-15-17-13(11)5-12/h1-2,5,7-9,14,19H,3-4,6H2,(H,15,17). The average Bonchev–Trinajstić information content (AvgIpc) is 3.04. The molecule has 0 radical (unpaired) electrons. The molecule has 3 N–H and O–H groups in total. The topological polar surface area (TPSA) is 78.8 Å². The molecule has 0 saturated carbocycles. The predicted molar refractivity (Wildman–Crippen MR) is 72.7 cm³/mol. The zero-order valence-corrected chi connectivity index (χ0v) is 10.4. The number of fused-ring (bicyclic) bond motifs is 1. The predicted octanol–water partition coefficient (Wildman–Crippen LogP) is 1.36. The summed E-state index contributed by atoms with van der Waals surface area (Å²) in [6, 6.07) is 6.08. The van der Waals surface area contributed by atoms with Gasteiger partial charge in [0.25, 0.3) is 0 Å². The summed E-state index contributed by atoms with van der Waals surface area (Å²) in [4.78, 5) is 0. The van der Waals surface area contributed by atoms with Gasteiger partial charge in [0.2, 0.25) is 0 Å². The maximum absolute atomic E-state index is 8.83. The van der Waals surface area contributed by atoms with E-state index in [9.17, 15) is 0 Å². The maximum Gasteiger partial charge on any atom is 0.0670 e. The third kappa shape index (κ3) is 2.58. The number of nitrogens with one attached hydrogen (secondary N) is 2. The highest BCUT2D eigenvalue weighted by atomic mass is 16.3. The fourth-order valence-corrected chi connectivity index (χ4v) is 1.97. The van der Waals surface area contributed by atoms with Crippen LogP contribution in [0.4, 0.5) is 5.69 Å². The van der Waals surface area contributed by atoms with Crippen LogP contribution in [0.5, 0.6) is 0 Å². The van der Waals surface area contributed by atoms with Crippen LogP contribution in [0.2, 0.25) is 0 Å². The van der Waals surface area contributed by atoms with Crippen molar-refractivity contribution >= 4 is 16.6 Å². The molecule has 0 saturated heterocycles. The van der Waals surface area contributed by atoms with Gasteiger partial charge < -0.3 is 10.4 Å². The molecule has 0 aliphatic heterocycles. The molecule has 6 heteroatoms. The van der Waals surface area contributed by atoms with Crippen molar-refractivity contribution in [3.63, 3.8) is 0 Å². The lowest BCUT2D eigenvalue weighted by molar-refractivity contribution is 0.269. The zero-order chi connectivity index (χ0) is 13.1. The molecule has 2 heterocycles. The molecule has 3 rings (SSSR count). The van der Waals surface area contributed by atoms with Gasteiger partial charge in [-0.1, -0.05) is 0 Å². The van der Waals surface area contributed by atoms with Crippen molar-refractivity contribution < 1.29 is 5.11 Å². The molecule has 6 nitrogen and oxygen atoms in total. The second kappa shape index (κ2) is 5.11. The molecule has 0 bridgehead atoms. The van der Waals surface area contributed by atoms with Crippen LogP contribution >= 0.6 is 0 Å². The monoisotopic (exact) mass is 257 g/mol. The molecular formula is C13H15N5O. The Bertz CT molecular complexity index is 672. The van der Waals surface area contributed by atoms with Crippen LogP contribution in [0.15, 0.2) is 36.8 Å². The normalized spacial score (nSPS) is 11.0. The summed E-state index contributed by atoms with van der Waals surface area (Å²) in [5.74, 6) is 0. The summed E-state index contributed by atoms with van der Waals surface area (Å²) in [5, 5.41) is 24.4. The van der Waals surface area contributed by atoms with Crippen molar-refractivity contribution in [2.24, 2.45) is 0 Å². The van der Waals surface area contributed by atoms with Gasteiger partial charge in [-0.3, -0.25) is 9.78 Å². The van der Waals surface area contributed by atoms with Gasteiger partial charge in [-0.05, 0) is 18.2 Å². The van der Waals surface area contributed by atoms with Crippen LogP contribution in [0.3, 0.4) is 0 Å². The molecule has 0 aliphatic carbocycles. The zero-order valence-electron chi connectivity index (χ0n) is 10.4. The van der Waals surface area contributed by atoms with Crippen molar-refractivity contribution in [1.29, 1.82) is 0 Å². The number of aliphatic hydroxyl groups is 1. The molecule has 1 aromatic carbocycles. The van der Waals surface area contributed by atoms with Gasteiger partial charge in [0.15, 0.2) is 0 Å². The highest BCUT2D eigenvalue weighted by Gasteiger charge is 2.00. The van der Waals surface area contributed by atoms with E-state index >= 15 is 0 Å². The number of H-pyrrole nitrogens is 1. The van der Waals surface area contributed by atoms with Crippen molar-refractivity contribution in [2.75, 3.05) is 11.9 Å². The van der Waals surface area contributed by atoms with Gasteiger partial charge in [-0.15, -0.1) is 0 Å². The van der Waals surface area contributed by atoms with Gasteiger partial charge in [0.05, 0.1) is 31.1 Å². The number of hydrogen-bond donors (Lipinski definition) is 3. The lowest BCUT2D eigenvalue weighted by Gasteiger charge is -2.04. The van der Waals surface area contributed by atoms with Crippen LogP contribution < -0.4 is 5.32 Å². The number of nitrogens with zero attached hydrogens (tertiary/aromatic N) is 3. The lowest BCUT2D eigenvalue weighted by Crippen LogP contribution is -2.02. The summed E-state index contributed by atoms with van der Waals surface area (Å²) in [7, 11) is 0. The molecule has 19 heavy (non-hydrogen) atoms. The van der Waals surface area contributed by atoms with E-state index in [1.54, 1.807) is 17.1 Å². The number of anilines is 1. The lowest BCUT2D eigenvalue weighted by atomic mass is 10.2. The first-order valence-electron chi connectivity index (χ1n) is 6.14. The van der Waals surface area contributed by atoms with E-state index in [-0.39, 0.29) is 6.61 Å². The molecule has 3 aromatic rings. The molecule has 0 fully saturated rings. The van der Waals surface area contributed by atoms with Gasteiger partial charge in [-0.2, -0.15) is 10.2 Å². The fourth-order valence-electron chi connectivity index (χ4n) is 1.97. The Morgan fingerprint density at radius 3 is 3.16 bits per heavy atom. The van der Waals surface area contributed by atoms with Crippen molar-refractivity contribution in [2.45, 2.75) is 13.1 Å². The Morgan fingerprint density at radius 2 is 2.26 bits per heavy atom. The molecule has 2 aromatic heterocycles. The van der Waals surface area contributed by atoms with E-state index in [1.165, 1.54) is 0 Å². The van der Waals surface area contributed by atoms with E-state index in [0.29, 0.717) is 13.1 Å². The Morgan fingerprint density at radius 1 is 1.32 bits per heavy atom. The first-order chi connectivity index (χ1) is 9.35. The third-order valence-corrected chi connectivity index (χ3v) is 2.95. The molecule has 0 unspecified atom stereocenters. The maximum atomic E-state index is 8.83. The summed E-state index contributed by atoms with van der Waals surface area (Å²) in [5.41, 5.74) is 3.13. The number of rotatable bonds is 5. The number of benzene rings is 1. The first-order valence-corrected chi connectivity index (χ1v) is 6.14. The largest absolute Gasteiger partial charge is 0.394 e. The Labute approximate surface area is 110 Å². The Hall–Kier alpha value is -2.34. The minimum atomic E-state index is 0.102. The summed E-state index contributed by atoms with van der Waals surface area (Å²) in [6.07, 6.45) is 5.54. The van der Waals surface area contributed by atoms with Crippen molar-refractivity contribution in [3.8, 4) is 0 Å². The Kier molecular flexibility index (Phi) is 3.16. The minimum absolute atomic E-state index is 0.102. The quantitative estimate of drug-likeness (QED) is 0.645. The Balaban J connectivity index is 1.67. The van der Waals surface area contributed by atoms with Crippen molar-refractivity contribution in [1.82, 2.24) is 20.0 Å². The number of hydrogen-bond acceptors (Lipinski definition) is 4. The number of aliphatic hydroxyl groups excluding tert-OH is 1. The molecule has 98 valence electrons. The number of aromatic amines is 1. The van der Waals surface area contributed by atoms with Gasteiger partial charge in [0.1, 0.15) is 0 Å². The van der Waals surface area contributed by atoms with Gasteiger partial charge in [0, 0.05) is 29.4 Å². The summed E-state index contributed by atoms with van der Waals surface area (Å²) >= 11 is 0. The first kappa shape index (κ1) is 11.7. The van der Waals surface area contributed by atoms with Crippen molar-refractivity contribution in [3.05, 3.63) is 42.4 Å². The molecular weight excluding hydrogens is 242 g/mol. The number of aromatic nitrogens is 4. The van der Waals surface area contributed by atoms with Crippen LogP contribution in [0, 0.1) is 0 Å². The van der Waals surface area contributed by atoms with E-state index in [1.807, 2.05) is 24.4 Å². The smallest absolute Gasteiger partial charge is 0.0670 e. The minimum Gasteiger partial charge on any atom is -0.394 e. The van der Waals surface area contributed by atoms with Crippen LogP contribution in [-0.2, 0) is 13.1 Å². The summed E-state index contributed by atoms with van der Waals surface area (Å²) < 4.78 is 1.73. The molecule has 0 spiro atoms. The second-order valence-corrected chi connectivity index (χ2v) is 4.36. The van der Waals surface area contributed by atoms with E-state index in [0.717, 1.165) is 22.2 Å². The third-order valence-electron chi connectivity index (χ3n) is 2.95. The highest BCUT2D eigenvalue weighted by Crippen LogP contribution is 2.17. The molecule has 0 atom stereocenters. The van der Waals surface area contributed by atoms with Crippen LogP contribution in [0.25, 0.3) is 10.9 Å². The summed E-state index contributed by atoms with van der Waals surface area (Å²) in [6.45, 7) is 1.33. The SMILES string of the molecule is OCCn1cc(CNc2ccc3cn[nH]c3c2)cn1. The van der Waals surface area contributed by atoms with E-state index in [2.05, 4.69) is 20.6 Å². The van der Waals surface area contributed by atoms with Gasteiger partial charge in [-0.25, -0.2) is 0 Å². The van der Waals surface area contributed by atoms with E-state index < -0.39 is 0 Å². The van der Waals surface area contributed by atoms with Crippen LogP contribution in [-0.4, -0.2) is 31.7 Å². The second-order valence-electron chi connectivity index (χ2n) is 4.36.